The minimum absolute atomic E-state index is 0.130. The number of nitrogens with zero attached hydrogens (tertiary/aromatic N) is 5. The first kappa shape index (κ1) is 20.4. The second-order valence-electron chi connectivity index (χ2n) is 7.94. The van der Waals surface area contributed by atoms with Crippen LogP contribution < -0.4 is 0 Å². The highest BCUT2D eigenvalue weighted by atomic mass is 32.2. The van der Waals surface area contributed by atoms with Gasteiger partial charge in [0.2, 0.25) is 0 Å². The molecule has 1 aliphatic carbocycles. The molecule has 0 radical (unpaired) electrons. The number of hydrogen-bond donors (Lipinski definition) is 0. The van der Waals surface area contributed by atoms with Crippen molar-refractivity contribution in [3.63, 3.8) is 0 Å². The van der Waals surface area contributed by atoms with E-state index in [0.29, 0.717) is 11.7 Å². The standard InChI is InChI=1S/C22H31N5OS/c1-3-27-20-8-7-18(25(2)11-9-17-6-4-5-10-23-17)16-19(20)21(24-27)22(28)26-12-14-29-15-13-26/h4-6,10,18H,3,7-9,11-16H2,1-2H3. The molecule has 1 atom stereocenters. The van der Waals surface area contributed by atoms with Gasteiger partial charge in [-0.25, -0.2) is 0 Å². The summed E-state index contributed by atoms with van der Waals surface area (Å²) in [7, 11) is 2.20. The first-order valence-corrected chi connectivity index (χ1v) is 11.9. The summed E-state index contributed by atoms with van der Waals surface area (Å²) in [5, 5.41) is 4.76. The van der Waals surface area contributed by atoms with Gasteiger partial charge in [-0.3, -0.25) is 14.5 Å². The third-order valence-corrected chi connectivity index (χ3v) is 7.13. The van der Waals surface area contributed by atoms with Gasteiger partial charge in [-0.1, -0.05) is 6.07 Å². The Labute approximate surface area is 177 Å². The number of hydrogen-bond acceptors (Lipinski definition) is 5. The van der Waals surface area contributed by atoms with Crippen LogP contribution in [-0.2, 0) is 25.8 Å². The van der Waals surface area contributed by atoms with Gasteiger partial charge >= 0.3 is 0 Å². The summed E-state index contributed by atoms with van der Waals surface area (Å²) in [6.07, 6.45) is 5.84. The van der Waals surface area contributed by atoms with Crippen LogP contribution in [0.2, 0.25) is 0 Å². The normalized spacial score (nSPS) is 19.4. The van der Waals surface area contributed by atoms with Crippen molar-refractivity contribution in [2.75, 3.05) is 38.2 Å². The molecule has 1 amide bonds. The SMILES string of the molecule is CCn1nc(C(=O)N2CCSCC2)c2c1CCC(N(C)CCc1ccccn1)C2. The summed E-state index contributed by atoms with van der Waals surface area (Å²) in [6.45, 7) is 5.59. The molecule has 29 heavy (non-hydrogen) atoms. The fourth-order valence-corrected chi connectivity index (χ4v) is 5.32. The highest BCUT2D eigenvalue weighted by Crippen LogP contribution is 2.28. The fourth-order valence-electron chi connectivity index (χ4n) is 4.41. The lowest BCUT2D eigenvalue weighted by atomic mass is 9.90. The summed E-state index contributed by atoms with van der Waals surface area (Å²) in [5.74, 6) is 2.19. The van der Waals surface area contributed by atoms with E-state index in [1.807, 2.05) is 35.0 Å². The van der Waals surface area contributed by atoms with Gasteiger partial charge in [0.15, 0.2) is 5.69 Å². The molecule has 3 heterocycles. The molecule has 2 aliphatic rings. The molecule has 0 spiro atoms. The van der Waals surface area contributed by atoms with Crippen LogP contribution in [0.5, 0.6) is 0 Å². The fraction of sp³-hybridized carbons (Fsp3) is 0.591. The maximum Gasteiger partial charge on any atom is 0.274 e. The molecule has 6 nitrogen and oxygen atoms in total. The molecule has 4 rings (SSSR count). The largest absolute Gasteiger partial charge is 0.336 e. The Bertz CT molecular complexity index is 831. The van der Waals surface area contributed by atoms with E-state index in [1.54, 1.807) is 0 Å². The molecule has 1 saturated heterocycles. The van der Waals surface area contributed by atoms with Gasteiger partial charge in [0.1, 0.15) is 0 Å². The van der Waals surface area contributed by atoms with Crippen molar-refractivity contribution in [2.45, 2.75) is 45.2 Å². The van der Waals surface area contributed by atoms with Crippen LogP contribution in [0.15, 0.2) is 24.4 Å². The predicted molar refractivity (Wildman–Crippen MR) is 118 cm³/mol. The van der Waals surface area contributed by atoms with Crippen LogP contribution in [0.1, 0.15) is 40.8 Å². The van der Waals surface area contributed by atoms with Gasteiger partial charge in [0.25, 0.3) is 5.91 Å². The number of carbonyl (C=O) groups excluding carboxylic acids is 1. The van der Waals surface area contributed by atoms with Crippen molar-refractivity contribution in [1.29, 1.82) is 0 Å². The van der Waals surface area contributed by atoms with Gasteiger partial charge in [-0.2, -0.15) is 16.9 Å². The van der Waals surface area contributed by atoms with Crippen molar-refractivity contribution in [1.82, 2.24) is 24.6 Å². The average molecular weight is 414 g/mol. The Morgan fingerprint density at radius 1 is 1.31 bits per heavy atom. The first-order chi connectivity index (χ1) is 14.2. The van der Waals surface area contributed by atoms with E-state index < -0.39 is 0 Å². The molecule has 0 saturated carbocycles. The number of aryl methyl sites for hydroxylation is 1. The number of aromatic nitrogens is 3. The number of carbonyl (C=O) groups is 1. The van der Waals surface area contributed by atoms with Gasteiger partial charge < -0.3 is 9.80 Å². The molecule has 1 fully saturated rings. The van der Waals surface area contributed by atoms with Crippen LogP contribution in [0.4, 0.5) is 0 Å². The van der Waals surface area contributed by atoms with Gasteiger partial charge in [-0.15, -0.1) is 0 Å². The number of likely N-dealkylation sites (N-methyl/N-ethyl adjacent to an activating group) is 1. The van der Waals surface area contributed by atoms with Crippen LogP contribution >= 0.6 is 11.8 Å². The summed E-state index contributed by atoms with van der Waals surface area (Å²) >= 11 is 1.93. The van der Waals surface area contributed by atoms with Crippen LogP contribution in [-0.4, -0.2) is 74.7 Å². The van der Waals surface area contributed by atoms with Crippen molar-refractivity contribution < 1.29 is 4.79 Å². The minimum Gasteiger partial charge on any atom is -0.336 e. The Hall–Kier alpha value is -1.86. The molecule has 7 heteroatoms. The molecule has 1 unspecified atom stereocenters. The second kappa shape index (κ2) is 9.30. The van der Waals surface area contributed by atoms with Crippen LogP contribution in [0.3, 0.4) is 0 Å². The van der Waals surface area contributed by atoms with Crippen molar-refractivity contribution in [3.8, 4) is 0 Å². The smallest absolute Gasteiger partial charge is 0.274 e. The highest BCUT2D eigenvalue weighted by Gasteiger charge is 2.32. The molecule has 156 valence electrons. The molecular weight excluding hydrogens is 382 g/mol. The third-order valence-electron chi connectivity index (χ3n) is 6.19. The lowest BCUT2D eigenvalue weighted by Crippen LogP contribution is -2.40. The monoisotopic (exact) mass is 413 g/mol. The number of rotatable bonds is 6. The highest BCUT2D eigenvalue weighted by molar-refractivity contribution is 7.99. The van der Waals surface area contributed by atoms with Crippen molar-refractivity contribution >= 4 is 17.7 Å². The Morgan fingerprint density at radius 2 is 2.14 bits per heavy atom. The van der Waals surface area contributed by atoms with Crippen LogP contribution in [0.25, 0.3) is 0 Å². The molecule has 0 aromatic carbocycles. The van der Waals surface area contributed by atoms with Crippen LogP contribution in [0, 0.1) is 0 Å². The Balaban J connectivity index is 1.48. The molecule has 1 aliphatic heterocycles. The van der Waals surface area contributed by atoms with E-state index in [9.17, 15) is 4.79 Å². The molecule has 2 aromatic heterocycles. The van der Waals surface area contributed by atoms with Gasteiger partial charge in [0.05, 0.1) is 0 Å². The molecule has 2 aromatic rings. The molecule has 0 bridgehead atoms. The topological polar surface area (TPSA) is 54.3 Å². The maximum absolute atomic E-state index is 13.2. The lowest BCUT2D eigenvalue weighted by Gasteiger charge is -2.32. The van der Waals surface area contributed by atoms with E-state index in [2.05, 4.69) is 34.6 Å². The summed E-state index contributed by atoms with van der Waals surface area (Å²) in [6, 6.07) is 6.54. The summed E-state index contributed by atoms with van der Waals surface area (Å²) in [5.41, 5.74) is 4.30. The van der Waals surface area contributed by atoms with E-state index in [4.69, 9.17) is 5.10 Å². The third kappa shape index (κ3) is 4.51. The number of fused-ring (bicyclic) bond motifs is 1. The number of pyridine rings is 1. The zero-order chi connectivity index (χ0) is 20.2. The molecular formula is C22H31N5OS. The average Bonchev–Trinajstić information content (AvgIpc) is 3.16. The predicted octanol–water partition coefficient (Wildman–Crippen LogP) is 2.52. The Morgan fingerprint density at radius 3 is 2.86 bits per heavy atom. The minimum atomic E-state index is 0.130. The van der Waals surface area contributed by atoms with Crippen molar-refractivity contribution in [2.24, 2.45) is 0 Å². The number of thioether (sulfide) groups is 1. The quantitative estimate of drug-likeness (QED) is 0.728. The second-order valence-corrected chi connectivity index (χ2v) is 9.17. The molecule has 0 N–H and O–H groups in total. The van der Waals surface area contributed by atoms with Crippen molar-refractivity contribution in [3.05, 3.63) is 47.0 Å². The maximum atomic E-state index is 13.2. The van der Waals surface area contributed by atoms with E-state index in [-0.39, 0.29) is 5.91 Å². The number of amides is 1. The Kier molecular flexibility index (Phi) is 6.55. The lowest BCUT2D eigenvalue weighted by molar-refractivity contribution is 0.0763. The van der Waals surface area contributed by atoms with E-state index in [1.165, 1.54) is 11.3 Å². The summed E-state index contributed by atoms with van der Waals surface area (Å²) in [4.78, 5) is 22.1. The zero-order valence-corrected chi connectivity index (χ0v) is 18.3. The first-order valence-electron chi connectivity index (χ1n) is 10.7. The summed E-state index contributed by atoms with van der Waals surface area (Å²) < 4.78 is 2.06. The van der Waals surface area contributed by atoms with Gasteiger partial charge in [0, 0.05) is 73.3 Å². The van der Waals surface area contributed by atoms with E-state index >= 15 is 0 Å². The zero-order valence-electron chi connectivity index (χ0n) is 17.5. The van der Waals surface area contributed by atoms with E-state index in [0.717, 1.165) is 69.1 Å². The van der Waals surface area contributed by atoms with Gasteiger partial charge in [-0.05, 0) is 45.4 Å².